The van der Waals surface area contributed by atoms with Crippen LogP contribution >= 0.6 is 0 Å². The monoisotopic (exact) mass is 422 g/mol. The Morgan fingerprint density at radius 3 is 2.56 bits per heavy atom. The number of hydrogen-bond donors (Lipinski definition) is 1. The number of anilines is 3. The average molecular weight is 423 g/mol. The van der Waals surface area contributed by atoms with E-state index in [0.717, 1.165) is 23.5 Å². The van der Waals surface area contributed by atoms with Crippen molar-refractivity contribution in [2.45, 2.75) is 32.2 Å². The van der Waals surface area contributed by atoms with Gasteiger partial charge in [0.1, 0.15) is 5.58 Å². The number of fused-ring (bicyclic) bond motifs is 5. The molecule has 2 aliphatic rings. The van der Waals surface area contributed by atoms with Crippen LogP contribution in [-0.2, 0) is 5.41 Å². The summed E-state index contributed by atoms with van der Waals surface area (Å²) in [6.07, 6.45) is 0. The van der Waals surface area contributed by atoms with Gasteiger partial charge in [0.25, 0.3) is 0 Å². The number of nitrogens with zero attached hydrogens (tertiary/aromatic N) is 1. The predicted octanol–water partition coefficient (Wildman–Crippen LogP) is 6.31. The highest BCUT2D eigenvalue weighted by Gasteiger charge is 2.49. The number of aryl methyl sites for hydroxylation is 1. The van der Waals surface area contributed by atoms with E-state index in [1.54, 1.807) is 0 Å². The number of hydrogen-bond acceptors (Lipinski definition) is 4. The topological polar surface area (TPSA) is 45.5 Å². The van der Waals surface area contributed by atoms with Crippen molar-refractivity contribution in [2.24, 2.45) is 5.92 Å². The molecule has 0 amide bonds. The zero-order valence-electron chi connectivity index (χ0n) is 18.6. The van der Waals surface area contributed by atoms with Crippen molar-refractivity contribution < 1.29 is 4.42 Å². The lowest BCUT2D eigenvalue weighted by Crippen LogP contribution is -2.51. The van der Waals surface area contributed by atoms with Crippen LogP contribution < -0.4 is 15.6 Å². The van der Waals surface area contributed by atoms with E-state index in [4.69, 9.17) is 4.42 Å². The number of benzene rings is 3. The molecule has 3 heterocycles. The van der Waals surface area contributed by atoms with Crippen LogP contribution in [0.15, 0.2) is 82.0 Å². The molecule has 0 bridgehead atoms. The molecule has 160 valence electrons. The molecule has 3 aromatic carbocycles. The van der Waals surface area contributed by atoms with Crippen molar-refractivity contribution in [1.29, 1.82) is 0 Å². The van der Waals surface area contributed by atoms with Crippen LogP contribution in [-0.4, -0.2) is 6.54 Å². The molecule has 4 nitrogen and oxygen atoms in total. The zero-order valence-corrected chi connectivity index (χ0v) is 18.6. The second-order valence-electron chi connectivity index (χ2n) is 9.59. The fraction of sp³-hybridized carbons (Fsp3) is 0.250. The Morgan fingerprint density at radius 2 is 1.75 bits per heavy atom. The van der Waals surface area contributed by atoms with Crippen molar-refractivity contribution >= 4 is 28.2 Å². The summed E-state index contributed by atoms with van der Waals surface area (Å²) in [5, 5.41) is 4.36. The fourth-order valence-corrected chi connectivity index (χ4v) is 5.54. The largest absolute Gasteiger partial charge is 0.440 e. The van der Waals surface area contributed by atoms with Gasteiger partial charge in [0.05, 0.1) is 17.0 Å². The maximum absolute atomic E-state index is 13.9. The summed E-state index contributed by atoms with van der Waals surface area (Å²) < 4.78 is 6.44. The molecule has 1 N–H and O–H groups in total. The molecule has 0 aliphatic carbocycles. The smallest absolute Gasteiger partial charge is 0.209 e. The quantitative estimate of drug-likeness (QED) is 0.390. The van der Waals surface area contributed by atoms with Crippen molar-refractivity contribution in [3.63, 3.8) is 0 Å². The molecule has 6 rings (SSSR count). The van der Waals surface area contributed by atoms with Gasteiger partial charge in [-0.25, -0.2) is 0 Å². The van der Waals surface area contributed by atoms with Gasteiger partial charge in [0, 0.05) is 23.8 Å². The van der Waals surface area contributed by atoms with Gasteiger partial charge in [-0.2, -0.15) is 0 Å². The van der Waals surface area contributed by atoms with E-state index in [-0.39, 0.29) is 22.8 Å². The van der Waals surface area contributed by atoms with Gasteiger partial charge in [-0.3, -0.25) is 4.79 Å². The average Bonchev–Trinajstić information content (AvgIpc) is 2.80. The number of para-hydroxylation sites is 2. The third-order valence-electron chi connectivity index (χ3n) is 7.33. The van der Waals surface area contributed by atoms with E-state index in [2.05, 4.69) is 61.3 Å². The minimum atomic E-state index is -0.125. The Bertz CT molecular complexity index is 1400. The lowest BCUT2D eigenvalue weighted by molar-refractivity contribution is 0.259. The molecule has 4 aromatic rings. The third kappa shape index (κ3) is 2.65. The normalized spacial score (nSPS) is 20.8. The first kappa shape index (κ1) is 19.2. The first-order valence-electron chi connectivity index (χ1n) is 11.2. The molecule has 4 heteroatoms. The molecule has 1 aromatic heterocycles. The second-order valence-corrected chi connectivity index (χ2v) is 9.59. The van der Waals surface area contributed by atoms with Crippen molar-refractivity contribution in [3.05, 3.63) is 99.7 Å². The zero-order chi connectivity index (χ0) is 22.0. The molecule has 32 heavy (non-hydrogen) atoms. The summed E-state index contributed by atoms with van der Waals surface area (Å²) in [5.74, 6) is 0.841. The van der Waals surface area contributed by atoms with E-state index in [0.29, 0.717) is 16.9 Å². The minimum Gasteiger partial charge on any atom is -0.440 e. The van der Waals surface area contributed by atoms with Crippen LogP contribution in [0.3, 0.4) is 0 Å². The minimum absolute atomic E-state index is 0.0522. The Balaban J connectivity index is 1.65. The van der Waals surface area contributed by atoms with E-state index in [9.17, 15) is 4.79 Å². The van der Waals surface area contributed by atoms with Gasteiger partial charge in [-0.15, -0.1) is 0 Å². The SMILES string of the molecule is Cc1ccc2c(c1)C(C)(C)[C@H]1CN(c3ccccc3)c3oc4ccccc4c(=O)c3[C@H]1N2. The molecule has 2 aliphatic heterocycles. The summed E-state index contributed by atoms with van der Waals surface area (Å²) in [5.41, 5.74) is 5.98. The second kappa shape index (κ2) is 6.73. The van der Waals surface area contributed by atoms with Gasteiger partial charge in [0.15, 0.2) is 5.43 Å². The Morgan fingerprint density at radius 1 is 1.00 bits per heavy atom. The van der Waals surface area contributed by atoms with Crippen LogP contribution in [0.4, 0.5) is 17.3 Å². The van der Waals surface area contributed by atoms with E-state index in [1.165, 1.54) is 11.1 Å². The first-order valence-corrected chi connectivity index (χ1v) is 11.2. The van der Waals surface area contributed by atoms with Crippen LogP contribution in [0.2, 0.25) is 0 Å². The fourth-order valence-electron chi connectivity index (χ4n) is 5.54. The number of rotatable bonds is 1. The van der Waals surface area contributed by atoms with Crippen molar-refractivity contribution in [3.8, 4) is 0 Å². The summed E-state index contributed by atoms with van der Waals surface area (Å²) in [6.45, 7) is 7.51. The van der Waals surface area contributed by atoms with Gasteiger partial charge >= 0.3 is 0 Å². The third-order valence-corrected chi connectivity index (χ3v) is 7.33. The molecule has 0 spiro atoms. The molecule has 0 unspecified atom stereocenters. The molecule has 0 fully saturated rings. The highest BCUT2D eigenvalue weighted by molar-refractivity contribution is 5.81. The standard InChI is InChI=1S/C28H26N2O2/c1-17-13-14-22-20(15-17)28(2,3)21-16-30(18-9-5-4-6-10-18)27-24(25(21)29-22)26(31)19-11-7-8-12-23(19)32-27/h4-15,21,25,29H,16H2,1-3H3/t21-,25-/m0/s1. The number of nitrogens with one attached hydrogen (secondary N) is 1. The van der Waals surface area contributed by atoms with Crippen molar-refractivity contribution in [2.75, 3.05) is 16.8 Å². The lowest BCUT2D eigenvalue weighted by Gasteiger charge is -2.51. The van der Waals surface area contributed by atoms with Gasteiger partial charge in [0.2, 0.25) is 5.88 Å². The van der Waals surface area contributed by atoms with Crippen LogP contribution in [0, 0.1) is 12.8 Å². The summed E-state index contributed by atoms with van der Waals surface area (Å²) in [6, 6.07) is 24.2. The molecule has 0 saturated carbocycles. The van der Waals surface area contributed by atoms with Crippen LogP contribution in [0.5, 0.6) is 0 Å². The van der Waals surface area contributed by atoms with Crippen molar-refractivity contribution in [1.82, 2.24) is 0 Å². The Kier molecular flexibility index (Phi) is 4.03. The van der Waals surface area contributed by atoms with E-state index in [1.807, 2.05) is 42.5 Å². The van der Waals surface area contributed by atoms with Crippen LogP contribution in [0.1, 0.15) is 36.6 Å². The molecule has 2 atom stereocenters. The molecular formula is C28H26N2O2. The summed E-state index contributed by atoms with van der Waals surface area (Å²) >= 11 is 0. The molecule has 0 radical (unpaired) electrons. The highest BCUT2D eigenvalue weighted by atomic mass is 16.4. The Labute approximate surface area is 187 Å². The van der Waals surface area contributed by atoms with Gasteiger partial charge in [-0.1, -0.05) is 61.9 Å². The molecule has 0 saturated heterocycles. The van der Waals surface area contributed by atoms with Gasteiger partial charge in [-0.05, 0) is 48.2 Å². The van der Waals surface area contributed by atoms with Gasteiger partial charge < -0.3 is 14.6 Å². The maximum atomic E-state index is 13.9. The first-order chi connectivity index (χ1) is 15.4. The summed E-state index contributed by atoms with van der Waals surface area (Å²) in [4.78, 5) is 16.0. The molecular weight excluding hydrogens is 396 g/mol. The van der Waals surface area contributed by atoms with Crippen LogP contribution in [0.25, 0.3) is 11.0 Å². The maximum Gasteiger partial charge on any atom is 0.209 e. The highest BCUT2D eigenvalue weighted by Crippen LogP contribution is 2.53. The van der Waals surface area contributed by atoms with E-state index >= 15 is 0 Å². The Hall–Kier alpha value is -3.53. The predicted molar refractivity (Wildman–Crippen MR) is 130 cm³/mol. The summed E-state index contributed by atoms with van der Waals surface area (Å²) in [7, 11) is 0. The lowest BCUT2D eigenvalue weighted by atomic mass is 9.64. The van der Waals surface area contributed by atoms with E-state index < -0.39 is 0 Å².